The summed E-state index contributed by atoms with van der Waals surface area (Å²) in [6.07, 6.45) is 0. The molecule has 4 nitrogen and oxygen atoms in total. The summed E-state index contributed by atoms with van der Waals surface area (Å²) in [5.74, 6) is 0.717. The SMILES string of the molecule is C[C@@H]1CN1P(=O)(Oc1cccc2ccccc12)N1C[C@@H]1C. The zero-order valence-corrected chi connectivity index (χ0v) is 13.2. The molecule has 2 fully saturated rings. The summed E-state index contributed by atoms with van der Waals surface area (Å²) in [4.78, 5) is 0. The van der Waals surface area contributed by atoms with Crippen LogP contribution in [0.25, 0.3) is 10.8 Å². The van der Waals surface area contributed by atoms with Crippen LogP contribution in [0, 0.1) is 0 Å². The first-order chi connectivity index (χ1) is 10.1. The average Bonchev–Trinajstić information content (AvgIpc) is 3.38. The van der Waals surface area contributed by atoms with Crippen molar-refractivity contribution in [2.24, 2.45) is 0 Å². The second kappa shape index (κ2) is 4.57. The lowest BCUT2D eigenvalue weighted by Gasteiger charge is -2.22. The highest BCUT2D eigenvalue weighted by atomic mass is 31.2. The van der Waals surface area contributed by atoms with Crippen LogP contribution in [0.3, 0.4) is 0 Å². The molecule has 0 aliphatic carbocycles. The number of hydrogen-bond acceptors (Lipinski definition) is 2. The van der Waals surface area contributed by atoms with Crippen LogP contribution in [0.1, 0.15) is 13.8 Å². The van der Waals surface area contributed by atoms with Crippen molar-refractivity contribution in [1.29, 1.82) is 0 Å². The largest absolute Gasteiger partial charge is 0.421 e. The van der Waals surface area contributed by atoms with Gasteiger partial charge in [0.1, 0.15) is 5.75 Å². The Kier molecular flexibility index (Phi) is 2.90. The number of fused-ring (bicyclic) bond motifs is 1. The number of nitrogens with zero attached hydrogens (tertiary/aromatic N) is 2. The maximum absolute atomic E-state index is 13.4. The van der Waals surface area contributed by atoms with Gasteiger partial charge < -0.3 is 4.52 Å². The molecule has 0 bridgehead atoms. The summed E-state index contributed by atoms with van der Waals surface area (Å²) >= 11 is 0. The molecule has 0 saturated carbocycles. The van der Waals surface area contributed by atoms with Crippen LogP contribution in [-0.2, 0) is 4.57 Å². The summed E-state index contributed by atoms with van der Waals surface area (Å²) in [7, 11) is -2.91. The highest BCUT2D eigenvalue weighted by Gasteiger charge is 2.57. The van der Waals surface area contributed by atoms with E-state index in [1.807, 2.05) is 51.8 Å². The van der Waals surface area contributed by atoms with Gasteiger partial charge in [0.25, 0.3) is 0 Å². The van der Waals surface area contributed by atoms with E-state index in [-0.39, 0.29) is 0 Å². The summed E-state index contributed by atoms with van der Waals surface area (Å²) < 4.78 is 23.5. The first kappa shape index (κ1) is 13.3. The van der Waals surface area contributed by atoms with Gasteiger partial charge in [-0.25, -0.2) is 13.9 Å². The molecular weight excluding hydrogens is 283 g/mol. The fraction of sp³-hybridized carbons (Fsp3) is 0.375. The lowest BCUT2D eigenvalue weighted by atomic mass is 10.1. The molecule has 2 aliphatic rings. The third-order valence-electron chi connectivity index (χ3n) is 4.27. The highest BCUT2D eigenvalue weighted by Crippen LogP contribution is 2.64. The van der Waals surface area contributed by atoms with Crippen molar-refractivity contribution in [3.63, 3.8) is 0 Å². The van der Waals surface area contributed by atoms with Crippen molar-refractivity contribution in [2.45, 2.75) is 25.9 Å². The molecule has 5 heteroatoms. The maximum atomic E-state index is 13.4. The number of benzene rings is 2. The molecule has 2 aliphatic heterocycles. The molecule has 2 aromatic carbocycles. The first-order valence-electron chi connectivity index (χ1n) is 7.41. The highest BCUT2D eigenvalue weighted by molar-refractivity contribution is 7.55. The Bertz CT molecular complexity index is 723. The second-order valence-corrected chi connectivity index (χ2v) is 8.19. The summed E-state index contributed by atoms with van der Waals surface area (Å²) in [6.45, 7) is 5.89. The minimum absolute atomic E-state index is 0.346. The molecule has 2 heterocycles. The van der Waals surface area contributed by atoms with Gasteiger partial charge in [-0.15, -0.1) is 0 Å². The molecule has 5 atom stereocenters. The van der Waals surface area contributed by atoms with E-state index >= 15 is 0 Å². The molecule has 2 saturated heterocycles. The molecule has 0 aromatic heterocycles. The number of hydrogen-bond donors (Lipinski definition) is 0. The van der Waals surface area contributed by atoms with Crippen molar-refractivity contribution in [1.82, 2.24) is 9.34 Å². The van der Waals surface area contributed by atoms with Gasteiger partial charge >= 0.3 is 7.67 Å². The van der Waals surface area contributed by atoms with Gasteiger partial charge in [-0.05, 0) is 25.3 Å². The van der Waals surface area contributed by atoms with E-state index in [9.17, 15) is 4.57 Å². The molecule has 0 spiro atoms. The Morgan fingerprint density at radius 2 is 1.57 bits per heavy atom. The molecule has 0 amide bonds. The summed E-state index contributed by atoms with van der Waals surface area (Å²) in [5.41, 5.74) is 0. The molecule has 0 radical (unpaired) electrons. The van der Waals surface area contributed by atoms with Gasteiger partial charge in [0, 0.05) is 30.6 Å². The third-order valence-corrected chi connectivity index (χ3v) is 7.12. The van der Waals surface area contributed by atoms with E-state index < -0.39 is 7.67 Å². The Labute approximate surface area is 124 Å². The van der Waals surface area contributed by atoms with Crippen LogP contribution < -0.4 is 4.52 Å². The Balaban J connectivity index is 1.74. The van der Waals surface area contributed by atoms with E-state index in [0.29, 0.717) is 12.1 Å². The van der Waals surface area contributed by atoms with E-state index in [1.54, 1.807) is 0 Å². The Hall–Kier alpha value is -1.35. The van der Waals surface area contributed by atoms with Gasteiger partial charge in [0.15, 0.2) is 0 Å². The molecule has 4 rings (SSSR count). The van der Waals surface area contributed by atoms with Gasteiger partial charge in [-0.1, -0.05) is 36.4 Å². The Morgan fingerprint density at radius 3 is 2.19 bits per heavy atom. The second-order valence-electron chi connectivity index (χ2n) is 6.00. The maximum Gasteiger partial charge on any atom is 0.396 e. The summed E-state index contributed by atoms with van der Waals surface area (Å²) in [5, 5.41) is 2.13. The molecule has 21 heavy (non-hydrogen) atoms. The van der Waals surface area contributed by atoms with Gasteiger partial charge in [0.2, 0.25) is 0 Å². The van der Waals surface area contributed by atoms with Gasteiger partial charge in [-0.3, -0.25) is 0 Å². The fourth-order valence-corrected chi connectivity index (χ4v) is 5.61. The fourth-order valence-electron chi connectivity index (χ4n) is 2.81. The molecule has 110 valence electrons. The molecule has 2 aromatic rings. The predicted octanol–water partition coefficient (Wildman–Crippen LogP) is 3.73. The van der Waals surface area contributed by atoms with E-state index in [1.165, 1.54) is 0 Å². The van der Waals surface area contributed by atoms with E-state index in [2.05, 4.69) is 13.8 Å². The average molecular weight is 302 g/mol. The smallest absolute Gasteiger partial charge is 0.396 e. The minimum atomic E-state index is -2.91. The van der Waals surface area contributed by atoms with Crippen LogP contribution in [0.4, 0.5) is 0 Å². The van der Waals surface area contributed by atoms with Crippen molar-refractivity contribution < 1.29 is 9.09 Å². The Morgan fingerprint density at radius 1 is 1.00 bits per heavy atom. The lowest BCUT2D eigenvalue weighted by molar-refractivity contribution is 0.402. The quantitative estimate of drug-likeness (QED) is 0.636. The lowest BCUT2D eigenvalue weighted by Crippen LogP contribution is -2.13. The third kappa shape index (κ3) is 2.18. The molecule has 0 N–H and O–H groups in total. The van der Waals surface area contributed by atoms with Gasteiger partial charge in [0.05, 0.1) is 0 Å². The zero-order chi connectivity index (χ0) is 14.6. The molecule has 3 unspecified atom stereocenters. The topological polar surface area (TPSA) is 32.3 Å². The zero-order valence-electron chi connectivity index (χ0n) is 12.3. The molecular formula is C16H19N2O2P. The van der Waals surface area contributed by atoms with Crippen LogP contribution in [0.5, 0.6) is 5.75 Å². The van der Waals surface area contributed by atoms with E-state index in [0.717, 1.165) is 29.6 Å². The van der Waals surface area contributed by atoms with Crippen molar-refractivity contribution in [3.05, 3.63) is 42.5 Å². The van der Waals surface area contributed by atoms with Crippen LogP contribution >= 0.6 is 7.67 Å². The van der Waals surface area contributed by atoms with Crippen LogP contribution in [0.2, 0.25) is 0 Å². The van der Waals surface area contributed by atoms with Crippen molar-refractivity contribution in [2.75, 3.05) is 13.1 Å². The summed E-state index contributed by atoms with van der Waals surface area (Å²) in [6, 6.07) is 14.7. The normalized spacial score (nSPS) is 33.4. The minimum Gasteiger partial charge on any atom is -0.421 e. The van der Waals surface area contributed by atoms with Gasteiger partial charge in [-0.2, -0.15) is 0 Å². The van der Waals surface area contributed by atoms with Crippen LogP contribution in [0.15, 0.2) is 42.5 Å². The van der Waals surface area contributed by atoms with Crippen LogP contribution in [-0.4, -0.2) is 34.5 Å². The first-order valence-corrected chi connectivity index (χ1v) is 8.94. The monoisotopic (exact) mass is 302 g/mol. The predicted molar refractivity (Wildman–Crippen MR) is 84.5 cm³/mol. The van der Waals surface area contributed by atoms with E-state index in [4.69, 9.17) is 4.52 Å². The van der Waals surface area contributed by atoms with Crippen molar-refractivity contribution in [3.8, 4) is 5.75 Å². The number of rotatable bonds is 4. The standard InChI is InChI=1S/C16H19N2O2P/c1-12-10-17(12)21(19,18-11-13(18)2)20-16-9-5-7-14-6-3-4-8-15(14)16/h3-9,12-13H,10-11H2,1-2H3/t12-,13+,17?,18?,21?. The van der Waals surface area contributed by atoms with Crippen molar-refractivity contribution >= 4 is 18.4 Å².